The van der Waals surface area contributed by atoms with E-state index in [1.165, 1.54) is 43.5 Å². The van der Waals surface area contributed by atoms with Gasteiger partial charge in [0.25, 0.3) is 0 Å². The lowest BCUT2D eigenvalue weighted by Gasteiger charge is -2.37. The average molecular weight is 232 g/mol. The van der Waals surface area contributed by atoms with Crippen LogP contribution in [0, 0.1) is 12.8 Å². The van der Waals surface area contributed by atoms with E-state index < -0.39 is 0 Å². The number of pyridine rings is 1. The number of hydrogen-bond donors (Lipinski definition) is 0. The molecule has 0 radical (unpaired) electrons. The summed E-state index contributed by atoms with van der Waals surface area (Å²) in [6, 6.07) is 2.83. The predicted molar refractivity (Wildman–Crippen MR) is 72.0 cm³/mol. The molecule has 17 heavy (non-hydrogen) atoms. The quantitative estimate of drug-likeness (QED) is 0.792. The Bertz CT molecular complexity index is 360. The van der Waals surface area contributed by atoms with Gasteiger partial charge in [-0.2, -0.15) is 0 Å². The van der Waals surface area contributed by atoms with Crippen LogP contribution in [0.4, 0.5) is 0 Å². The van der Waals surface area contributed by atoms with Crippen molar-refractivity contribution in [3.8, 4) is 0 Å². The van der Waals surface area contributed by atoms with Crippen LogP contribution in [0.25, 0.3) is 0 Å². The van der Waals surface area contributed by atoms with Crippen LogP contribution in [-0.2, 0) is 0 Å². The Kier molecular flexibility index (Phi) is 4.16. The van der Waals surface area contributed by atoms with Crippen molar-refractivity contribution in [2.75, 3.05) is 13.1 Å². The molecule has 1 saturated heterocycles. The molecule has 0 saturated carbocycles. The maximum Gasteiger partial charge on any atom is 0.0351 e. The monoisotopic (exact) mass is 232 g/mol. The molecule has 2 rings (SSSR count). The summed E-state index contributed by atoms with van der Waals surface area (Å²) < 4.78 is 0. The van der Waals surface area contributed by atoms with Gasteiger partial charge in [0.05, 0.1) is 0 Å². The number of piperidine rings is 1. The first-order chi connectivity index (χ1) is 8.18. The highest BCUT2D eigenvalue weighted by Crippen LogP contribution is 2.32. The van der Waals surface area contributed by atoms with Crippen molar-refractivity contribution >= 4 is 0 Å². The molecule has 0 aliphatic carbocycles. The minimum absolute atomic E-state index is 0.620. The smallest absolute Gasteiger partial charge is 0.0351 e. The Labute approximate surface area is 105 Å². The van der Waals surface area contributed by atoms with Gasteiger partial charge in [0.2, 0.25) is 0 Å². The topological polar surface area (TPSA) is 16.1 Å². The van der Waals surface area contributed by atoms with Crippen LogP contribution < -0.4 is 0 Å². The van der Waals surface area contributed by atoms with E-state index in [1.807, 2.05) is 12.4 Å². The fourth-order valence-corrected chi connectivity index (χ4v) is 2.89. The van der Waals surface area contributed by atoms with Crippen molar-refractivity contribution in [2.24, 2.45) is 5.92 Å². The molecule has 1 aliphatic heterocycles. The molecule has 94 valence electrons. The third-order valence-electron chi connectivity index (χ3n) is 3.64. The first kappa shape index (κ1) is 12.6. The summed E-state index contributed by atoms with van der Waals surface area (Å²) in [5.41, 5.74) is 2.83. The van der Waals surface area contributed by atoms with E-state index in [-0.39, 0.29) is 0 Å². The Morgan fingerprint density at radius 1 is 1.41 bits per heavy atom. The fraction of sp³-hybridized carbons (Fsp3) is 0.667. The fourth-order valence-electron chi connectivity index (χ4n) is 2.89. The zero-order chi connectivity index (χ0) is 12.3. The summed E-state index contributed by atoms with van der Waals surface area (Å²) in [5, 5.41) is 0. The van der Waals surface area contributed by atoms with Crippen LogP contribution >= 0.6 is 0 Å². The summed E-state index contributed by atoms with van der Waals surface area (Å²) in [5.74, 6) is 0.748. The summed E-state index contributed by atoms with van der Waals surface area (Å²) in [7, 11) is 0. The van der Waals surface area contributed by atoms with Crippen LogP contribution in [-0.4, -0.2) is 23.0 Å². The molecule has 2 heteroatoms. The second kappa shape index (κ2) is 5.63. The average Bonchev–Trinajstić information content (AvgIpc) is 2.30. The van der Waals surface area contributed by atoms with Gasteiger partial charge in [-0.3, -0.25) is 9.88 Å². The van der Waals surface area contributed by atoms with Gasteiger partial charge < -0.3 is 0 Å². The Hall–Kier alpha value is -0.890. The van der Waals surface area contributed by atoms with E-state index in [0.29, 0.717) is 6.04 Å². The minimum Gasteiger partial charge on any atom is -0.296 e. The highest BCUT2D eigenvalue weighted by molar-refractivity contribution is 5.25. The Morgan fingerprint density at radius 2 is 2.24 bits per heavy atom. The highest BCUT2D eigenvalue weighted by atomic mass is 15.2. The normalized spacial score (nSPS) is 22.0. The summed E-state index contributed by atoms with van der Waals surface area (Å²) >= 11 is 0. The number of aromatic nitrogens is 1. The van der Waals surface area contributed by atoms with Gasteiger partial charge in [0.1, 0.15) is 0 Å². The van der Waals surface area contributed by atoms with Gasteiger partial charge in [-0.25, -0.2) is 0 Å². The van der Waals surface area contributed by atoms with E-state index >= 15 is 0 Å². The number of aryl methyl sites for hydroxylation is 1. The maximum absolute atomic E-state index is 4.21. The van der Waals surface area contributed by atoms with Crippen molar-refractivity contribution in [3.63, 3.8) is 0 Å². The molecule has 0 aromatic carbocycles. The molecular formula is C15H24N2. The molecule has 0 amide bonds. The largest absolute Gasteiger partial charge is 0.296 e. The van der Waals surface area contributed by atoms with Gasteiger partial charge in [-0.05, 0) is 49.4 Å². The van der Waals surface area contributed by atoms with Crippen LogP contribution in [0.2, 0.25) is 0 Å². The van der Waals surface area contributed by atoms with Crippen molar-refractivity contribution in [2.45, 2.75) is 46.1 Å². The molecule has 2 nitrogen and oxygen atoms in total. The molecule has 1 unspecified atom stereocenters. The van der Waals surface area contributed by atoms with Crippen LogP contribution in [0.1, 0.15) is 50.3 Å². The lowest BCUT2D eigenvalue weighted by molar-refractivity contribution is 0.132. The van der Waals surface area contributed by atoms with Crippen molar-refractivity contribution in [3.05, 3.63) is 29.6 Å². The van der Waals surface area contributed by atoms with Crippen LogP contribution in [0.3, 0.4) is 0 Å². The standard InChI is InChI=1S/C15H24N2/c1-12(2)11-17-9-5-4-6-15(17)14-7-8-16-10-13(14)3/h7-8,10,12,15H,4-6,9,11H2,1-3H3. The van der Waals surface area contributed by atoms with Gasteiger partial charge in [0.15, 0.2) is 0 Å². The number of likely N-dealkylation sites (tertiary alicyclic amines) is 1. The third kappa shape index (κ3) is 3.06. The summed E-state index contributed by atoms with van der Waals surface area (Å²) in [6.45, 7) is 9.28. The second-order valence-corrected chi connectivity index (χ2v) is 5.63. The van der Waals surface area contributed by atoms with E-state index in [4.69, 9.17) is 0 Å². The third-order valence-corrected chi connectivity index (χ3v) is 3.64. The lowest BCUT2D eigenvalue weighted by atomic mass is 9.92. The SMILES string of the molecule is Cc1cnccc1C1CCCCN1CC(C)C. The molecule has 1 aliphatic rings. The van der Waals surface area contributed by atoms with Gasteiger partial charge in [-0.1, -0.05) is 20.3 Å². The first-order valence-electron chi connectivity index (χ1n) is 6.83. The number of rotatable bonds is 3. The molecule has 1 fully saturated rings. The Morgan fingerprint density at radius 3 is 2.94 bits per heavy atom. The number of hydrogen-bond acceptors (Lipinski definition) is 2. The van der Waals surface area contributed by atoms with Crippen LogP contribution in [0.15, 0.2) is 18.5 Å². The number of nitrogens with zero attached hydrogens (tertiary/aromatic N) is 2. The second-order valence-electron chi connectivity index (χ2n) is 5.63. The van der Waals surface area contributed by atoms with Crippen LogP contribution in [0.5, 0.6) is 0 Å². The molecule has 2 heterocycles. The van der Waals surface area contributed by atoms with E-state index in [1.54, 1.807) is 0 Å². The van der Waals surface area contributed by atoms with E-state index in [0.717, 1.165) is 5.92 Å². The van der Waals surface area contributed by atoms with Gasteiger partial charge in [-0.15, -0.1) is 0 Å². The van der Waals surface area contributed by atoms with Crippen molar-refractivity contribution in [1.29, 1.82) is 0 Å². The highest BCUT2D eigenvalue weighted by Gasteiger charge is 2.25. The minimum atomic E-state index is 0.620. The lowest BCUT2D eigenvalue weighted by Crippen LogP contribution is -2.36. The molecule has 0 spiro atoms. The van der Waals surface area contributed by atoms with E-state index in [9.17, 15) is 0 Å². The first-order valence-corrected chi connectivity index (χ1v) is 6.83. The molecule has 0 bridgehead atoms. The van der Waals surface area contributed by atoms with Gasteiger partial charge in [0, 0.05) is 25.0 Å². The van der Waals surface area contributed by atoms with Gasteiger partial charge >= 0.3 is 0 Å². The molecule has 1 aromatic rings. The van der Waals surface area contributed by atoms with E-state index in [2.05, 4.69) is 36.7 Å². The maximum atomic E-state index is 4.21. The molecular weight excluding hydrogens is 208 g/mol. The zero-order valence-electron chi connectivity index (χ0n) is 11.3. The predicted octanol–water partition coefficient (Wildman–Crippen LogP) is 3.57. The molecule has 1 atom stereocenters. The summed E-state index contributed by atoms with van der Waals surface area (Å²) in [6.07, 6.45) is 7.95. The molecule has 1 aromatic heterocycles. The van der Waals surface area contributed by atoms with Crippen molar-refractivity contribution in [1.82, 2.24) is 9.88 Å². The zero-order valence-corrected chi connectivity index (χ0v) is 11.3. The summed E-state index contributed by atoms with van der Waals surface area (Å²) in [4.78, 5) is 6.87. The molecule has 0 N–H and O–H groups in total. The Balaban J connectivity index is 2.19. The van der Waals surface area contributed by atoms with Crippen molar-refractivity contribution < 1.29 is 0 Å².